The van der Waals surface area contributed by atoms with Crippen molar-refractivity contribution in [3.63, 3.8) is 0 Å². The first-order valence-electron chi connectivity index (χ1n) is 11.8. The van der Waals surface area contributed by atoms with Gasteiger partial charge in [-0.05, 0) is 49.7 Å². The van der Waals surface area contributed by atoms with Gasteiger partial charge < -0.3 is 25.8 Å². The van der Waals surface area contributed by atoms with Gasteiger partial charge in [0.2, 0.25) is 17.7 Å². The van der Waals surface area contributed by atoms with Crippen molar-refractivity contribution >= 4 is 24.0 Å². The van der Waals surface area contributed by atoms with Crippen molar-refractivity contribution in [3.8, 4) is 5.75 Å². The maximum atomic E-state index is 14.2. The summed E-state index contributed by atoms with van der Waals surface area (Å²) in [6.07, 6.45) is -0.583. The van der Waals surface area contributed by atoms with Crippen molar-refractivity contribution in [2.75, 3.05) is 6.61 Å². The molecule has 0 aliphatic rings. The summed E-state index contributed by atoms with van der Waals surface area (Å²) in [5.74, 6) is -2.06. The molecule has 0 saturated carbocycles. The number of carbonyl (C=O) groups is 4. The van der Waals surface area contributed by atoms with Gasteiger partial charge in [-0.2, -0.15) is 0 Å². The number of rotatable bonds is 11. The van der Waals surface area contributed by atoms with Crippen LogP contribution in [-0.4, -0.2) is 53.9 Å². The molecule has 0 radical (unpaired) electrons. The Hall–Kier alpha value is -3.79. The standard InChI is InChI=1S/C27H34FN3O6/c1-16-6-9-19(21(28)12-16)13-29-24(34)22(15-37-20-10-7-18(14-32)8-11-20)30-25(35)23(17(2)33)31-26(36)27(3,4)5/h6-12,14,17,22-23,33H,13,15H2,1-5H3,(H,29,34)(H,30,35)(H,31,36)/t17-,22+,23+/m1/s1. The van der Waals surface area contributed by atoms with Crippen molar-refractivity contribution in [1.82, 2.24) is 16.0 Å². The molecule has 0 bridgehead atoms. The average Bonchev–Trinajstić information content (AvgIpc) is 2.83. The van der Waals surface area contributed by atoms with E-state index in [-0.39, 0.29) is 18.7 Å². The molecule has 0 heterocycles. The van der Waals surface area contributed by atoms with E-state index in [0.717, 1.165) is 5.56 Å². The van der Waals surface area contributed by atoms with Gasteiger partial charge in [0.25, 0.3) is 0 Å². The lowest BCUT2D eigenvalue weighted by atomic mass is 9.94. The van der Waals surface area contributed by atoms with Crippen LogP contribution in [0.4, 0.5) is 4.39 Å². The van der Waals surface area contributed by atoms with Gasteiger partial charge >= 0.3 is 0 Å². The predicted molar refractivity (Wildman–Crippen MR) is 135 cm³/mol. The number of carbonyl (C=O) groups excluding carboxylic acids is 4. The molecule has 3 atom stereocenters. The van der Waals surface area contributed by atoms with Crippen LogP contribution in [0.5, 0.6) is 5.75 Å². The van der Waals surface area contributed by atoms with Crippen molar-refractivity contribution in [3.05, 3.63) is 65.0 Å². The molecule has 37 heavy (non-hydrogen) atoms. The third-order valence-electron chi connectivity index (χ3n) is 5.46. The summed E-state index contributed by atoms with van der Waals surface area (Å²) in [5.41, 5.74) is 0.602. The summed E-state index contributed by atoms with van der Waals surface area (Å²) in [6, 6.07) is 8.15. The van der Waals surface area contributed by atoms with Gasteiger partial charge in [-0.25, -0.2) is 4.39 Å². The first-order valence-corrected chi connectivity index (χ1v) is 11.8. The molecule has 0 saturated heterocycles. The zero-order valence-electron chi connectivity index (χ0n) is 21.6. The number of aliphatic hydroxyl groups excluding tert-OH is 1. The lowest BCUT2D eigenvalue weighted by Gasteiger charge is -2.27. The molecule has 2 aromatic rings. The van der Waals surface area contributed by atoms with E-state index in [1.165, 1.54) is 37.3 Å². The van der Waals surface area contributed by atoms with E-state index >= 15 is 0 Å². The molecule has 2 aromatic carbocycles. The van der Waals surface area contributed by atoms with Crippen LogP contribution >= 0.6 is 0 Å². The van der Waals surface area contributed by atoms with Crippen LogP contribution in [0.1, 0.15) is 49.2 Å². The average molecular weight is 516 g/mol. The van der Waals surface area contributed by atoms with E-state index in [1.807, 2.05) is 0 Å². The maximum absolute atomic E-state index is 14.2. The van der Waals surface area contributed by atoms with Crippen molar-refractivity contribution in [1.29, 1.82) is 0 Å². The molecule has 3 amide bonds. The van der Waals surface area contributed by atoms with E-state index in [9.17, 15) is 28.7 Å². The first-order chi connectivity index (χ1) is 17.3. The van der Waals surface area contributed by atoms with Crippen LogP contribution in [-0.2, 0) is 20.9 Å². The number of hydrogen-bond acceptors (Lipinski definition) is 6. The van der Waals surface area contributed by atoms with E-state index in [2.05, 4.69) is 16.0 Å². The van der Waals surface area contributed by atoms with Crippen LogP contribution in [0, 0.1) is 18.2 Å². The number of aldehydes is 1. The lowest BCUT2D eigenvalue weighted by molar-refractivity contribution is -0.137. The largest absolute Gasteiger partial charge is 0.491 e. The molecule has 0 aliphatic carbocycles. The second-order valence-corrected chi connectivity index (χ2v) is 9.81. The van der Waals surface area contributed by atoms with Gasteiger partial charge in [0.1, 0.15) is 36.5 Å². The summed E-state index contributed by atoms with van der Waals surface area (Å²) in [5, 5.41) is 17.7. The van der Waals surface area contributed by atoms with Crippen molar-refractivity contribution in [2.24, 2.45) is 5.41 Å². The number of halogens is 1. The van der Waals surface area contributed by atoms with Crippen LogP contribution < -0.4 is 20.7 Å². The Morgan fingerprint density at radius 3 is 2.24 bits per heavy atom. The number of nitrogens with one attached hydrogen (secondary N) is 3. The number of benzene rings is 2. The Morgan fingerprint density at radius 2 is 1.70 bits per heavy atom. The van der Waals surface area contributed by atoms with E-state index in [4.69, 9.17) is 4.74 Å². The number of aliphatic hydroxyl groups is 1. The highest BCUT2D eigenvalue weighted by atomic mass is 19.1. The summed E-state index contributed by atoms with van der Waals surface area (Å²) in [6.45, 7) is 7.61. The molecule has 4 N–H and O–H groups in total. The van der Waals surface area contributed by atoms with Gasteiger partial charge in [-0.1, -0.05) is 32.9 Å². The smallest absolute Gasteiger partial charge is 0.246 e. The third kappa shape index (κ3) is 8.98. The minimum Gasteiger partial charge on any atom is -0.491 e. The molecule has 0 aromatic heterocycles. The SMILES string of the molecule is Cc1ccc(CNC(=O)[C@H](COc2ccc(C=O)cc2)NC(=O)[C@@H](NC(=O)C(C)(C)C)[C@@H](C)O)c(F)c1. The molecule has 0 spiro atoms. The van der Waals surface area contributed by atoms with Gasteiger partial charge in [-0.15, -0.1) is 0 Å². The molecule has 2 rings (SSSR count). The van der Waals surface area contributed by atoms with Crippen LogP contribution in [0.25, 0.3) is 0 Å². The number of ether oxygens (including phenoxy) is 1. The quantitative estimate of drug-likeness (QED) is 0.339. The second-order valence-electron chi connectivity index (χ2n) is 9.81. The minimum absolute atomic E-state index is 0.133. The van der Waals surface area contributed by atoms with Gasteiger partial charge in [-0.3, -0.25) is 19.2 Å². The third-order valence-corrected chi connectivity index (χ3v) is 5.46. The highest BCUT2D eigenvalue weighted by molar-refractivity contribution is 5.93. The Bertz CT molecular complexity index is 1110. The first kappa shape index (κ1) is 29.4. The fourth-order valence-electron chi connectivity index (χ4n) is 3.13. The van der Waals surface area contributed by atoms with Crippen LogP contribution in [0.2, 0.25) is 0 Å². The monoisotopic (exact) mass is 515 g/mol. The molecule has 10 heteroatoms. The zero-order chi connectivity index (χ0) is 27.8. The molecule has 9 nitrogen and oxygen atoms in total. The highest BCUT2D eigenvalue weighted by Gasteiger charge is 2.33. The summed E-state index contributed by atoms with van der Waals surface area (Å²) < 4.78 is 19.9. The Labute approximate surface area is 215 Å². The fraction of sp³-hybridized carbons (Fsp3) is 0.407. The topological polar surface area (TPSA) is 134 Å². The van der Waals surface area contributed by atoms with E-state index < -0.39 is 47.1 Å². The molecule has 0 aliphatic heterocycles. The molecule has 200 valence electrons. The molecular weight excluding hydrogens is 481 g/mol. The van der Waals surface area contributed by atoms with Gasteiger partial charge in [0, 0.05) is 23.1 Å². The van der Waals surface area contributed by atoms with Crippen LogP contribution in [0.15, 0.2) is 42.5 Å². The Balaban J connectivity index is 2.18. The highest BCUT2D eigenvalue weighted by Crippen LogP contribution is 2.14. The molecular formula is C27H34FN3O6. The van der Waals surface area contributed by atoms with Crippen molar-refractivity contribution < 1.29 is 33.4 Å². The normalized spacial score (nSPS) is 13.6. The summed E-state index contributed by atoms with van der Waals surface area (Å²) in [4.78, 5) is 49.3. The molecule has 0 fully saturated rings. The van der Waals surface area contributed by atoms with E-state index in [0.29, 0.717) is 17.6 Å². The zero-order valence-corrected chi connectivity index (χ0v) is 21.6. The number of hydrogen-bond donors (Lipinski definition) is 4. The summed E-state index contributed by atoms with van der Waals surface area (Å²) in [7, 11) is 0. The number of amides is 3. The molecule has 0 unspecified atom stereocenters. The van der Waals surface area contributed by atoms with Gasteiger partial charge in [0.15, 0.2) is 0 Å². The maximum Gasteiger partial charge on any atom is 0.246 e. The second kappa shape index (κ2) is 13.0. The van der Waals surface area contributed by atoms with Crippen molar-refractivity contribution in [2.45, 2.75) is 59.4 Å². The fourth-order valence-corrected chi connectivity index (χ4v) is 3.13. The Kier molecular flexibility index (Phi) is 10.3. The summed E-state index contributed by atoms with van der Waals surface area (Å²) >= 11 is 0. The van der Waals surface area contributed by atoms with E-state index in [1.54, 1.807) is 39.8 Å². The lowest BCUT2D eigenvalue weighted by Crippen LogP contribution is -2.59. The minimum atomic E-state index is -1.33. The van der Waals surface area contributed by atoms with Gasteiger partial charge in [0.05, 0.1) is 6.10 Å². The van der Waals surface area contributed by atoms with Crippen LogP contribution in [0.3, 0.4) is 0 Å². The number of aryl methyl sites for hydroxylation is 1. The Morgan fingerprint density at radius 1 is 1.05 bits per heavy atom. The predicted octanol–water partition coefficient (Wildman–Crippen LogP) is 2.04.